The Balaban J connectivity index is 0.000000201. The number of H-pyrrole nitrogens is 2. The van der Waals surface area contributed by atoms with Gasteiger partial charge in [0.25, 0.3) is 0 Å². The topological polar surface area (TPSA) is 187 Å². The summed E-state index contributed by atoms with van der Waals surface area (Å²) >= 11 is 0. The first-order valence-corrected chi connectivity index (χ1v) is 22.8. The largest absolute Gasteiger partial charge is 0.516 e. The first kappa shape index (κ1) is 48.0. The van der Waals surface area contributed by atoms with E-state index in [1.807, 2.05) is 72.8 Å². The van der Waals surface area contributed by atoms with E-state index in [4.69, 9.17) is 0 Å². The van der Waals surface area contributed by atoms with Crippen molar-refractivity contribution in [3.8, 4) is 45.9 Å². The highest BCUT2D eigenvalue weighted by Gasteiger charge is 2.46. The number of fused-ring (bicyclic) bond motifs is 2. The normalized spacial score (nSPS) is 12.2. The van der Waals surface area contributed by atoms with Crippen molar-refractivity contribution in [2.24, 2.45) is 0 Å². The van der Waals surface area contributed by atoms with Crippen LogP contribution in [0.5, 0.6) is 0 Å². The molecule has 2 heterocycles. The van der Waals surface area contributed by atoms with E-state index in [0.29, 0.717) is 39.4 Å². The van der Waals surface area contributed by atoms with Gasteiger partial charge in [0.15, 0.2) is 17.4 Å². The van der Waals surface area contributed by atoms with Gasteiger partial charge in [0.1, 0.15) is 0 Å². The van der Waals surface area contributed by atoms with Crippen molar-refractivity contribution in [3.05, 3.63) is 167 Å². The minimum Gasteiger partial charge on any atom is -0.389 e. The highest BCUT2D eigenvalue weighted by Crippen LogP contribution is 2.31. The fourth-order valence-corrected chi connectivity index (χ4v) is 7.69. The molecular formula is C48H34F6N6O6S2. The van der Waals surface area contributed by atoms with E-state index in [1.165, 1.54) is 64.9 Å². The monoisotopic (exact) mass is 968 g/mol. The Morgan fingerprint density at radius 1 is 0.588 bits per heavy atom. The number of imidazole rings is 2. The molecule has 0 bridgehead atoms. The van der Waals surface area contributed by atoms with Crippen LogP contribution >= 0.6 is 0 Å². The number of alkyl halides is 6. The molecule has 8 aromatic rings. The standard InChI is InChI=1S/C24H18F3N3O3S.C24H16F3N3O3S/c2*1-15(31)19-4-2-3-5-20(19)17-9-12-21-22(14-17)29-23(28-21)13-8-16-6-10-18(11-7-16)30-34(32,33)24(25,26)27/h2-7,9-12,14-15,30-31H,1H3,(H,28,29);2-7,9-12,14,30H,1H3,(H,28,29). The average molecular weight is 969 g/mol. The molecule has 0 aliphatic rings. The fraction of sp³-hybridized carbons (Fsp3) is 0.104. The molecule has 68 heavy (non-hydrogen) atoms. The van der Waals surface area contributed by atoms with Gasteiger partial charge in [-0.15, -0.1) is 0 Å². The van der Waals surface area contributed by atoms with Crippen molar-refractivity contribution >= 4 is 59.3 Å². The lowest BCUT2D eigenvalue weighted by molar-refractivity contribution is -0.0435. The number of hydrogen-bond donors (Lipinski definition) is 5. The first-order valence-electron chi connectivity index (χ1n) is 19.9. The number of benzene rings is 6. The molecule has 0 amide bonds. The third-order valence-electron chi connectivity index (χ3n) is 9.84. The van der Waals surface area contributed by atoms with Crippen LogP contribution < -0.4 is 9.44 Å². The second-order valence-corrected chi connectivity index (χ2v) is 18.1. The number of aromatic amines is 2. The molecule has 0 saturated carbocycles. The van der Waals surface area contributed by atoms with Gasteiger partial charge in [0.05, 0.1) is 28.2 Å². The van der Waals surface area contributed by atoms with E-state index in [9.17, 15) is 53.1 Å². The second kappa shape index (κ2) is 19.1. The molecule has 5 N–H and O–H groups in total. The minimum absolute atomic E-state index is 0.0379. The Morgan fingerprint density at radius 3 is 1.43 bits per heavy atom. The number of hydrogen-bond acceptors (Lipinski definition) is 8. The predicted molar refractivity (Wildman–Crippen MR) is 246 cm³/mol. The van der Waals surface area contributed by atoms with Crippen LogP contribution in [0.3, 0.4) is 0 Å². The number of carbonyl (C=O) groups is 1. The van der Waals surface area contributed by atoms with Crippen LogP contribution in [0.2, 0.25) is 0 Å². The molecule has 0 saturated heterocycles. The molecule has 0 fully saturated rings. The van der Waals surface area contributed by atoms with Crippen LogP contribution in [0.25, 0.3) is 44.3 Å². The molecule has 8 rings (SSSR count). The second-order valence-electron chi connectivity index (χ2n) is 14.8. The zero-order valence-corrected chi connectivity index (χ0v) is 36.9. The maximum atomic E-state index is 12.5. The van der Waals surface area contributed by atoms with Gasteiger partial charge in [0, 0.05) is 28.1 Å². The molecule has 1 atom stereocenters. The number of anilines is 2. The molecule has 346 valence electrons. The van der Waals surface area contributed by atoms with E-state index in [0.717, 1.165) is 38.9 Å². The van der Waals surface area contributed by atoms with Crippen molar-refractivity contribution < 1.29 is 53.1 Å². The van der Waals surface area contributed by atoms with E-state index < -0.39 is 37.2 Å². The van der Waals surface area contributed by atoms with Crippen LogP contribution in [-0.2, 0) is 20.0 Å². The Labute approximate surface area is 384 Å². The van der Waals surface area contributed by atoms with E-state index in [-0.39, 0.29) is 17.2 Å². The summed E-state index contributed by atoms with van der Waals surface area (Å²) in [5, 5.41) is 10.0. The van der Waals surface area contributed by atoms with Gasteiger partial charge in [-0.2, -0.15) is 43.2 Å². The van der Waals surface area contributed by atoms with E-state index >= 15 is 0 Å². The zero-order valence-electron chi connectivity index (χ0n) is 35.2. The summed E-state index contributed by atoms with van der Waals surface area (Å²) in [6.45, 7) is 3.22. The number of carbonyl (C=O) groups excluding carboxylic acids is 1. The van der Waals surface area contributed by atoms with Crippen molar-refractivity contribution in [1.29, 1.82) is 0 Å². The van der Waals surface area contributed by atoms with Gasteiger partial charge in [-0.05, 0) is 126 Å². The molecule has 12 nitrogen and oxygen atoms in total. The number of aliphatic hydroxyl groups is 1. The average Bonchev–Trinajstić information content (AvgIpc) is 3.91. The fourth-order valence-electron chi connectivity index (χ4n) is 6.57. The number of aliphatic hydroxyl groups excluding tert-OH is 1. The molecule has 0 spiro atoms. The number of halogens is 6. The molecule has 2 aromatic heterocycles. The SMILES string of the molecule is CC(=O)c1ccccc1-c1ccc2nc(C#Cc3ccc(NS(=O)(=O)C(F)(F)F)cc3)[nH]c2c1.CC(O)c1ccccc1-c1ccc2nc(C#Cc3ccc(NS(=O)(=O)C(F)(F)F)cc3)[nH]c2c1. The quantitative estimate of drug-likeness (QED) is 0.0565. The smallest absolute Gasteiger partial charge is 0.389 e. The Morgan fingerprint density at radius 2 is 1.00 bits per heavy atom. The summed E-state index contributed by atoms with van der Waals surface area (Å²) < 4.78 is 122. The molecule has 0 radical (unpaired) electrons. The third-order valence-corrected chi connectivity index (χ3v) is 12.1. The zero-order chi connectivity index (χ0) is 49.0. The number of nitrogens with one attached hydrogen (secondary N) is 4. The summed E-state index contributed by atoms with van der Waals surface area (Å²) in [5.74, 6) is 12.1. The van der Waals surface area contributed by atoms with E-state index in [1.54, 1.807) is 19.1 Å². The summed E-state index contributed by atoms with van der Waals surface area (Å²) in [5.41, 5.74) is -2.63. The van der Waals surface area contributed by atoms with Gasteiger partial charge in [0.2, 0.25) is 0 Å². The van der Waals surface area contributed by atoms with Crippen molar-refractivity contribution in [2.45, 2.75) is 31.0 Å². The maximum Gasteiger partial charge on any atom is 0.516 e. The van der Waals surface area contributed by atoms with Crippen molar-refractivity contribution in [2.75, 3.05) is 9.44 Å². The number of nitrogens with zero attached hydrogens (tertiary/aromatic N) is 2. The Hall–Kier alpha value is -7.91. The maximum absolute atomic E-state index is 12.5. The summed E-state index contributed by atoms with van der Waals surface area (Å²) in [4.78, 5) is 27.0. The van der Waals surface area contributed by atoms with Gasteiger partial charge in [-0.25, -0.2) is 9.97 Å². The molecular weight excluding hydrogens is 935 g/mol. The summed E-state index contributed by atoms with van der Waals surface area (Å²) in [6, 6.07) is 36.4. The van der Waals surface area contributed by atoms with Crippen LogP contribution in [0.15, 0.2) is 133 Å². The lowest BCUT2D eigenvalue weighted by atomic mass is 9.96. The number of ketones is 1. The van der Waals surface area contributed by atoms with Crippen LogP contribution in [0.4, 0.5) is 37.7 Å². The lowest BCUT2D eigenvalue weighted by Gasteiger charge is -2.11. The number of Topliss-reactive ketones (excluding diaryl/α,β-unsaturated/α-hetero) is 1. The molecule has 0 aliphatic heterocycles. The number of rotatable bonds is 8. The third kappa shape index (κ3) is 11.2. The van der Waals surface area contributed by atoms with Crippen molar-refractivity contribution in [3.63, 3.8) is 0 Å². The number of sulfonamides is 2. The lowest BCUT2D eigenvalue weighted by Crippen LogP contribution is -2.29. The van der Waals surface area contributed by atoms with Gasteiger partial charge in [-0.1, -0.05) is 72.5 Å². The first-order chi connectivity index (χ1) is 32.1. The van der Waals surface area contributed by atoms with Crippen LogP contribution in [-0.4, -0.2) is 58.7 Å². The van der Waals surface area contributed by atoms with Gasteiger partial charge in [-0.3, -0.25) is 14.2 Å². The van der Waals surface area contributed by atoms with E-state index in [2.05, 4.69) is 43.6 Å². The van der Waals surface area contributed by atoms with Gasteiger partial charge < -0.3 is 15.1 Å². The molecule has 6 aromatic carbocycles. The number of aromatic nitrogens is 4. The highest BCUT2D eigenvalue weighted by molar-refractivity contribution is 7.93. The summed E-state index contributed by atoms with van der Waals surface area (Å²) in [7, 11) is -11.0. The summed E-state index contributed by atoms with van der Waals surface area (Å²) in [6.07, 6.45) is -0.620. The van der Waals surface area contributed by atoms with Gasteiger partial charge >= 0.3 is 31.1 Å². The highest BCUT2D eigenvalue weighted by atomic mass is 32.2. The van der Waals surface area contributed by atoms with Crippen LogP contribution in [0.1, 0.15) is 58.6 Å². The Bertz CT molecular complexity index is 3550. The Kier molecular flexibility index (Phi) is 13.5. The minimum atomic E-state index is -5.48. The predicted octanol–water partition coefficient (Wildman–Crippen LogP) is 10.0. The molecule has 20 heteroatoms. The van der Waals surface area contributed by atoms with Crippen LogP contribution in [0, 0.1) is 23.7 Å². The molecule has 1 unspecified atom stereocenters. The van der Waals surface area contributed by atoms with Crippen molar-refractivity contribution in [1.82, 2.24) is 19.9 Å². The molecule has 0 aliphatic carbocycles.